The van der Waals surface area contributed by atoms with Gasteiger partial charge >= 0.3 is 0 Å². The standard InChI is InChI=1S/C15H18N2S/c1-11-13-7-9-18-15(13)6-8-17(11)14-5-3-2-4-12(14)10-16/h2-5,7,9,11H,6,8,10,16H2,1H3. The van der Waals surface area contributed by atoms with Gasteiger partial charge in [0.1, 0.15) is 0 Å². The maximum atomic E-state index is 5.85. The van der Waals surface area contributed by atoms with Crippen molar-refractivity contribution >= 4 is 17.0 Å². The molecule has 0 aliphatic carbocycles. The third-order valence-electron chi connectivity index (χ3n) is 3.80. The first-order chi connectivity index (χ1) is 8.81. The summed E-state index contributed by atoms with van der Waals surface area (Å²) in [5, 5.41) is 2.21. The van der Waals surface area contributed by atoms with Gasteiger partial charge < -0.3 is 10.6 Å². The van der Waals surface area contributed by atoms with Gasteiger partial charge in [0.05, 0.1) is 6.04 Å². The van der Waals surface area contributed by atoms with Gasteiger partial charge in [-0.15, -0.1) is 11.3 Å². The number of nitrogens with two attached hydrogens (primary N) is 1. The number of hydrogen-bond donors (Lipinski definition) is 1. The van der Waals surface area contributed by atoms with Crippen molar-refractivity contribution < 1.29 is 0 Å². The zero-order valence-electron chi connectivity index (χ0n) is 10.6. The van der Waals surface area contributed by atoms with E-state index in [1.54, 1.807) is 4.88 Å². The molecular formula is C15H18N2S. The molecule has 18 heavy (non-hydrogen) atoms. The second kappa shape index (κ2) is 4.75. The molecule has 1 atom stereocenters. The zero-order valence-corrected chi connectivity index (χ0v) is 11.4. The molecule has 2 N–H and O–H groups in total. The third kappa shape index (κ3) is 1.84. The molecule has 0 fully saturated rings. The van der Waals surface area contributed by atoms with Gasteiger partial charge in [0, 0.05) is 23.7 Å². The highest BCUT2D eigenvalue weighted by Gasteiger charge is 2.25. The summed E-state index contributed by atoms with van der Waals surface area (Å²) in [7, 11) is 0. The van der Waals surface area contributed by atoms with Crippen LogP contribution in [-0.4, -0.2) is 6.54 Å². The Morgan fingerprint density at radius 3 is 3.00 bits per heavy atom. The van der Waals surface area contributed by atoms with Crippen molar-refractivity contribution in [2.45, 2.75) is 25.9 Å². The van der Waals surface area contributed by atoms with Gasteiger partial charge in [0.2, 0.25) is 0 Å². The normalized spacial score (nSPS) is 18.8. The van der Waals surface area contributed by atoms with E-state index >= 15 is 0 Å². The van der Waals surface area contributed by atoms with Gasteiger partial charge in [-0.25, -0.2) is 0 Å². The first kappa shape index (κ1) is 11.8. The number of fused-ring (bicyclic) bond motifs is 1. The summed E-state index contributed by atoms with van der Waals surface area (Å²) in [5.41, 5.74) is 9.87. The Kier molecular flexibility index (Phi) is 3.10. The first-order valence-corrected chi connectivity index (χ1v) is 7.30. The van der Waals surface area contributed by atoms with E-state index in [9.17, 15) is 0 Å². The Hall–Kier alpha value is -1.32. The van der Waals surface area contributed by atoms with Crippen molar-refractivity contribution in [2.24, 2.45) is 5.73 Å². The fourth-order valence-electron chi connectivity index (χ4n) is 2.80. The van der Waals surface area contributed by atoms with Crippen LogP contribution in [0, 0.1) is 0 Å². The van der Waals surface area contributed by atoms with Gasteiger partial charge in [-0.2, -0.15) is 0 Å². The molecule has 1 aliphatic rings. The van der Waals surface area contributed by atoms with E-state index in [4.69, 9.17) is 5.73 Å². The van der Waals surface area contributed by atoms with Crippen molar-refractivity contribution in [3.63, 3.8) is 0 Å². The van der Waals surface area contributed by atoms with Crippen LogP contribution in [0.3, 0.4) is 0 Å². The minimum absolute atomic E-state index is 0.452. The van der Waals surface area contributed by atoms with Crippen LogP contribution in [0.2, 0.25) is 0 Å². The Morgan fingerprint density at radius 1 is 1.33 bits per heavy atom. The average molecular weight is 258 g/mol. The number of para-hydroxylation sites is 1. The van der Waals surface area contributed by atoms with Crippen LogP contribution in [-0.2, 0) is 13.0 Å². The largest absolute Gasteiger partial charge is 0.364 e. The highest BCUT2D eigenvalue weighted by atomic mass is 32.1. The molecular weight excluding hydrogens is 240 g/mol. The summed E-state index contributed by atoms with van der Waals surface area (Å²) < 4.78 is 0. The van der Waals surface area contributed by atoms with Crippen LogP contribution in [0.25, 0.3) is 0 Å². The summed E-state index contributed by atoms with van der Waals surface area (Å²) in [4.78, 5) is 4.03. The molecule has 0 bridgehead atoms. The second-order valence-corrected chi connectivity index (χ2v) is 5.75. The summed E-state index contributed by atoms with van der Waals surface area (Å²) in [6.45, 7) is 3.99. The van der Waals surface area contributed by atoms with E-state index in [1.807, 2.05) is 11.3 Å². The Morgan fingerprint density at radius 2 is 2.17 bits per heavy atom. The molecule has 2 nitrogen and oxygen atoms in total. The molecule has 0 radical (unpaired) electrons. The predicted octanol–water partition coefficient (Wildman–Crippen LogP) is 3.33. The molecule has 1 unspecified atom stereocenters. The summed E-state index contributed by atoms with van der Waals surface area (Å²) in [5.74, 6) is 0. The van der Waals surface area contributed by atoms with Crippen molar-refractivity contribution in [1.29, 1.82) is 0 Å². The average Bonchev–Trinajstić information content (AvgIpc) is 2.88. The SMILES string of the molecule is CC1c2ccsc2CCN1c1ccccc1CN. The van der Waals surface area contributed by atoms with Gasteiger partial charge in [-0.1, -0.05) is 18.2 Å². The van der Waals surface area contributed by atoms with E-state index in [0.717, 1.165) is 13.0 Å². The zero-order chi connectivity index (χ0) is 12.5. The van der Waals surface area contributed by atoms with E-state index in [-0.39, 0.29) is 0 Å². The van der Waals surface area contributed by atoms with Gasteiger partial charge in [-0.05, 0) is 42.0 Å². The monoisotopic (exact) mass is 258 g/mol. The van der Waals surface area contributed by atoms with Gasteiger partial charge in [0.25, 0.3) is 0 Å². The number of thiophene rings is 1. The highest BCUT2D eigenvalue weighted by Crippen LogP contribution is 2.37. The number of nitrogens with zero attached hydrogens (tertiary/aromatic N) is 1. The lowest BCUT2D eigenvalue weighted by Gasteiger charge is -2.36. The van der Waals surface area contributed by atoms with Crippen LogP contribution >= 0.6 is 11.3 Å². The van der Waals surface area contributed by atoms with Crippen molar-refractivity contribution in [3.05, 3.63) is 51.7 Å². The molecule has 1 aliphatic heterocycles. The second-order valence-electron chi connectivity index (χ2n) is 4.75. The van der Waals surface area contributed by atoms with Crippen LogP contribution in [0.1, 0.15) is 29.0 Å². The molecule has 0 saturated heterocycles. The lowest BCUT2D eigenvalue weighted by Crippen LogP contribution is -2.33. The molecule has 3 heteroatoms. The van der Waals surface area contributed by atoms with Gasteiger partial charge in [0.15, 0.2) is 0 Å². The Labute approximate surface area is 112 Å². The number of benzene rings is 1. The summed E-state index contributed by atoms with van der Waals surface area (Å²) >= 11 is 1.88. The quantitative estimate of drug-likeness (QED) is 0.895. The number of hydrogen-bond acceptors (Lipinski definition) is 3. The molecule has 0 spiro atoms. The fourth-order valence-corrected chi connectivity index (χ4v) is 3.76. The van der Waals surface area contributed by atoms with E-state index in [0.29, 0.717) is 12.6 Å². The van der Waals surface area contributed by atoms with Crippen LogP contribution in [0.5, 0.6) is 0 Å². The topological polar surface area (TPSA) is 29.3 Å². The molecule has 3 rings (SSSR count). The molecule has 0 saturated carbocycles. The minimum Gasteiger partial charge on any atom is -0.364 e. The highest BCUT2D eigenvalue weighted by molar-refractivity contribution is 7.10. The first-order valence-electron chi connectivity index (χ1n) is 6.42. The third-order valence-corrected chi connectivity index (χ3v) is 4.79. The van der Waals surface area contributed by atoms with Gasteiger partial charge in [-0.3, -0.25) is 0 Å². The van der Waals surface area contributed by atoms with Crippen molar-refractivity contribution in [1.82, 2.24) is 0 Å². The molecule has 2 heterocycles. The van der Waals surface area contributed by atoms with E-state index in [1.165, 1.54) is 16.8 Å². The van der Waals surface area contributed by atoms with E-state index in [2.05, 4.69) is 47.5 Å². The van der Waals surface area contributed by atoms with Crippen LogP contribution < -0.4 is 10.6 Å². The Balaban J connectivity index is 1.99. The minimum atomic E-state index is 0.452. The molecule has 0 amide bonds. The van der Waals surface area contributed by atoms with Crippen LogP contribution in [0.4, 0.5) is 5.69 Å². The van der Waals surface area contributed by atoms with Crippen LogP contribution in [0.15, 0.2) is 35.7 Å². The number of anilines is 1. The molecule has 1 aromatic heterocycles. The smallest absolute Gasteiger partial charge is 0.0525 e. The fraction of sp³-hybridized carbons (Fsp3) is 0.333. The predicted molar refractivity (Wildman–Crippen MR) is 78.1 cm³/mol. The van der Waals surface area contributed by atoms with Crippen molar-refractivity contribution in [3.8, 4) is 0 Å². The van der Waals surface area contributed by atoms with E-state index < -0.39 is 0 Å². The Bertz CT molecular complexity index is 547. The molecule has 94 valence electrons. The lowest BCUT2D eigenvalue weighted by atomic mass is 9.99. The lowest BCUT2D eigenvalue weighted by molar-refractivity contribution is 0.630. The maximum Gasteiger partial charge on any atom is 0.0525 e. The maximum absolute atomic E-state index is 5.85. The van der Waals surface area contributed by atoms with Crippen molar-refractivity contribution in [2.75, 3.05) is 11.4 Å². The molecule has 1 aromatic carbocycles. The molecule has 2 aromatic rings. The summed E-state index contributed by atoms with van der Waals surface area (Å²) in [6, 6.07) is 11.2. The number of rotatable bonds is 2. The summed E-state index contributed by atoms with van der Waals surface area (Å²) in [6.07, 6.45) is 1.15.